The molecule has 0 bridgehead atoms. The Morgan fingerprint density at radius 3 is 2.50 bits per heavy atom. The van der Waals surface area contributed by atoms with Gasteiger partial charge in [0.2, 0.25) is 0 Å². The topological polar surface area (TPSA) is 59.0 Å². The molecule has 14 heavy (non-hydrogen) atoms. The van der Waals surface area contributed by atoms with Crippen molar-refractivity contribution in [1.29, 1.82) is 0 Å². The lowest BCUT2D eigenvalue weighted by molar-refractivity contribution is -0.314. The van der Waals surface area contributed by atoms with Gasteiger partial charge in [-0.05, 0) is 27.9 Å². The molecule has 0 spiro atoms. The molecule has 0 aromatic carbocycles. The first-order valence-electron chi connectivity index (χ1n) is 4.54. The Bertz CT molecular complexity index is 227. The van der Waals surface area contributed by atoms with E-state index in [1.165, 1.54) is 0 Å². The third-order valence-electron chi connectivity index (χ3n) is 2.19. The summed E-state index contributed by atoms with van der Waals surface area (Å²) in [6, 6.07) is 0. The predicted molar refractivity (Wildman–Crippen MR) is 49.7 cm³/mol. The summed E-state index contributed by atoms with van der Waals surface area (Å²) in [5.74, 6) is -2.22. The van der Waals surface area contributed by atoms with E-state index >= 15 is 0 Å². The van der Waals surface area contributed by atoms with Crippen LogP contribution in [0.1, 0.15) is 13.8 Å². The van der Waals surface area contributed by atoms with Crippen molar-refractivity contribution in [3.63, 3.8) is 0 Å². The zero-order chi connectivity index (χ0) is 10.9. The van der Waals surface area contributed by atoms with Crippen molar-refractivity contribution < 1.29 is 19.4 Å². The van der Waals surface area contributed by atoms with Gasteiger partial charge in [0.1, 0.15) is 12.1 Å². The molecule has 1 fully saturated rings. The molecule has 0 aliphatic carbocycles. The number of hydrogen-bond donors (Lipinski definition) is 1. The minimum atomic E-state index is -0.890. The summed E-state index contributed by atoms with van der Waals surface area (Å²) in [7, 11) is 3.59. The van der Waals surface area contributed by atoms with Gasteiger partial charge < -0.3 is 14.6 Å². The van der Waals surface area contributed by atoms with Gasteiger partial charge in [0, 0.05) is 0 Å². The van der Waals surface area contributed by atoms with E-state index in [1.54, 1.807) is 32.8 Å². The molecule has 0 radical (unpaired) electrons. The molecule has 82 valence electrons. The predicted octanol–water partition coefficient (Wildman–Crippen LogP) is 0.358. The maximum absolute atomic E-state index is 10.9. The van der Waals surface area contributed by atoms with Crippen LogP contribution in [0.3, 0.4) is 0 Å². The SMILES string of the molecule is CN(C)C1OC(C)(C)OCC1C(=O)O. The quantitative estimate of drug-likeness (QED) is 0.702. The second kappa shape index (κ2) is 3.84. The number of carboxylic acids is 1. The van der Waals surface area contributed by atoms with E-state index in [0.717, 1.165) is 0 Å². The van der Waals surface area contributed by atoms with Crippen molar-refractivity contribution in [3.8, 4) is 0 Å². The Morgan fingerprint density at radius 1 is 1.50 bits per heavy atom. The zero-order valence-electron chi connectivity index (χ0n) is 8.98. The molecule has 5 heteroatoms. The normalized spacial score (nSPS) is 31.8. The minimum Gasteiger partial charge on any atom is -0.481 e. The zero-order valence-corrected chi connectivity index (χ0v) is 8.98. The fraction of sp³-hybridized carbons (Fsp3) is 0.889. The van der Waals surface area contributed by atoms with Gasteiger partial charge in [-0.1, -0.05) is 0 Å². The summed E-state index contributed by atoms with van der Waals surface area (Å²) in [6.45, 7) is 3.74. The van der Waals surface area contributed by atoms with E-state index in [0.29, 0.717) is 0 Å². The van der Waals surface area contributed by atoms with Crippen molar-refractivity contribution in [1.82, 2.24) is 4.90 Å². The second-order valence-corrected chi connectivity index (χ2v) is 4.13. The Balaban J connectivity index is 2.76. The van der Waals surface area contributed by atoms with Crippen LogP contribution in [0.4, 0.5) is 0 Å². The van der Waals surface area contributed by atoms with Gasteiger partial charge in [0.25, 0.3) is 0 Å². The molecule has 1 rings (SSSR count). The molecule has 1 heterocycles. The standard InChI is InChI=1S/C9H17NO4/c1-9(2)13-5-6(8(11)12)7(14-9)10(3)4/h6-7H,5H2,1-4H3,(H,11,12). The van der Waals surface area contributed by atoms with Crippen molar-refractivity contribution in [3.05, 3.63) is 0 Å². The molecular formula is C9H17NO4. The first-order chi connectivity index (χ1) is 6.33. The van der Waals surface area contributed by atoms with Crippen LogP contribution in [-0.2, 0) is 14.3 Å². The molecule has 0 amide bonds. The Hall–Kier alpha value is -0.650. The molecule has 1 aliphatic rings. The lowest BCUT2D eigenvalue weighted by Gasteiger charge is -2.41. The molecule has 0 aromatic rings. The average molecular weight is 203 g/mol. The first kappa shape index (κ1) is 11.4. The first-order valence-corrected chi connectivity index (χ1v) is 4.54. The molecule has 1 N–H and O–H groups in total. The number of ether oxygens (including phenoxy) is 2. The van der Waals surface area contributed by atoms with E-state index in [-0.39, 0.29) is 6.61 Å². The van der Waals surface area contributed by atoms with Crippen molar-refractivity contribution in [2.24, 2.45) is 5.92 Å². The Labute approximate surface area is 83.6 Å². The van der Waals surface area contributed by atoms with E-state index in [4.69, 9.17) is 14.6 Å². The molecule has 0 aromatic heterocycles. The van der Waals surface area contributed by atoms with E-state index in [9.17, 15) is 4.79 Å². The molecule has 1 saturated heterocycles. The van der Waals surface area contributed by atoms with Crippen LogP contribution in [0.5, 0.6) is 0 Å². The summed E-state index contributed by atoms with van der Waals surface area (Å²) in [5.41, 5.74) is 0. The van der Waals surface area contributed by atoms with Crippen LogP contribution >= 0.6 is 0 Å². The van der Waals surface area contributed by atoms with Crippen LogP contribution < -0.4 is 0 Å². The maximum Gasteiger partial charge on any atom is 0.312 e. The largest absolute Gasteiger partial charge is 0.481 e. The highest BCUT2D eigenvalue weighted by Gasteiger charge is 2.41. The van der Waals surface area contributed by atoms with Gasteiger partial charge >= 0.3 is 5.97 Å². The van der Waals surface area contributed by atoms with Crippen LogP contribution in [-0.4, -0.2) is 48.7 Å². The Morgan fingerprint density at radius 2 is 2.07 bits per heavy atom. The van der Waals surface area contributed by atoms with Crippen molar-refractivity contribution in [2.45, 2.75) is 25.9 Å². The van der Waals surface area contributed by atoms with Crippen molar-refractivity contribution >= 4 is 5.97 Å². The molecule has 0 saturated carbocycles. The van der Waals surface area contributed by atoms with Gasteiger partial charge in [-0.2, -0.15) is 0 Å². The smallest absolute Gasteiger partial charge is 0.312 e. The van der Waals surface area contributed by atoms with Gasteiger partial charge in [-0.3, -0.25) is 9.69 Å². The number of nitrogens with zero attached hydrogens (tertiary/aromatic N) is 1. The molecular weight excluding hydrogens is 186 g/mol. The average Bonchev–Trinajstić information content (AvgIpc) is 2.01. The number of rotatable bonds is 2. The molecule has 1 aliphatic heterocycles. The lowest BCUT2D eigenvalue weighted by Crippen LogP contribution is -2.53. The second-order valence-electron chi connectivity index (χ2n) is 4.13. The van der Waals surface area contributed by atoms with Gasteiger partial charge in [0.05, 0.1) is 6.61 Å². The number of carbonyl (C=O) groups is 1. The van der Waals surface area contributed by atoms with E-state index in [2.05, 4.69) is 0 Å². The van der Waals surface area contributed by atoms with Crippen LogP contribution in [0.25, 0.3) is 0 Å². The summed E-state index contributed by atoms with van der Waals surface area (Å²) in [4.78, 5) is 12.6. The van der Waals surface area contributed by atoms with Crippen LogP contribution in [0.2, 0.25) is 0 Å². The molecule has 2 atom stereocenters. The molecule has 5 nitrogen and oxygen atoms in total. The van der Waals surface area contributed by atoms with E-state index in [1.807, 2.05) is 0 Å². The summed E-state index contributed by atoms with van der Waals surface area (Å²) >= 11 is 0. The highest BCUT2D eigenvalue weighted by Crippen LogP contribution is 2.27. The highest BCUT2D eigenvalue weighted by molar-refractivity contribution is 5.70. The van der Waals surface area contributed by atoms with E-state index < -0.39 is 23.9 Å². The fourth-order valence-corrected chi connectivity index (χ4v) is 1.44. The van der Waals surface area contributed by atoms with Gasteiger partial charge in [0.15, 0.2) is 5.79 Å². The van der Waals surface area contributed by atoms with Crippen LogP contribution in [0, 0.1) is 5.92 Å². The minimum absolute atomic E-state index is 0.186. The van der Waals surface area contributed by atoms with Crippen molar-refractivity contribution in [2.75, 3.05) is 20.7 Å². The van der Waals surface area contributed by atoms with Gasteiger partial charge in [-0.25, -0.2) is 0 Å². The monoisotopic (exact) mass is 203 g/mol. The fourth-order valence-electron chi connectivity index (χ4n) is 1.44. The Kier molecular flexibility index (Phi) is 3.14. The number of hydrogen-bond acceptors (Lipinski definition) is 4. The maximum atomic E-state index is 10.9. The third kappa shape index (κ3) is 2.43. The van der Waals surface area contributed by atoms with Gasteiger partial charge in [-0.15, -0.1) is 0 Å². The summed E-state index contributed by atoms with van der Waals surface area (Å²) in [6.07, 6.45) is -0.434. The summed E-state index contributed by atoms with van der Waals surface area (Å²) < 4.78 is 10.8. The lowest BCUT2D eigenvalue weighted by atomic mass is 10.1. The number of carboxylic acid groups (broad SMARTS) is 1. The van der Waals surface area contributed by atoms with Crippen LogP contribution in [0.15, 0.2) is 0 Å². The highest BCUT2D eigenvalue weighted by atomic mass is 16.7. The third-order valence-corrected chi connectivity index (χ3v) is 2.19. The summed E-state index contributed by atoms with van der Waals surface area (Å²) in [5, 5.41) is 8.94. The number of aliphatic carboxylic acids is 1. The molecule has 2 unspecified atom stereocenters.